The number of rotatable bonds is 13. The van der Waals surface area contributed by atoms with Crippen LogP contribution in [0, 0.1) is 11.8 Å². The van der Waals surface area contributed by atoms with Gasteiger partial charge in [0.2, 0.25) is 11.5 Å². The molecule has 0 spiro atoms. The highest BCUT2D eigenvalue weighted by Gasteiger charge is 2.42. The van der Waals surface area contributed by atoms with Gasteiger partial charge < -0.3 is 14.6 Å². The van der Waals surface area contributed by atoms with Crippen molar-refractivity contribution >= 4 is 5.78 Å². The van der Waals surface area contributed by atoms with E-state index < -0.39 is 6.10 Å². The van der Waals surface area contributed by atoms with Crippen molar-refractivity contribution in [2.45, 2.75) is 92.6 Å². The SMILES string of the molecule is CCCCOC1=C(OC)C(O)C(C/C=C(\C)CC/C=C(\C)CCC=C(C)C)C(C)C1=O. The van der Waals surface area contributed by atoms with Gasteiger partial charge in [-0.3, -0.25) is 4.79 Å². The number of aliphatic hydroxyl groups excluding tert-OH is 1. The lowest BCUT2D eigenvalue weighted by molar-refractivity contribution is -0.129. The quantitative estimate of drug-likeness (QED) is 0.261. The summed E-state index contributed by atoms with van der Waals surface area (Å²) in [5, 5.41) is 10.9. The van der Waals surface area contributed by atoms with E-state index in [-0.39, 0.29) is 29.1 Å². The number of ketones is 1. The number of allylic oxidation sites excluding steroid dienone is 7. The first-order chi connectivity index (χ1) is 14.7. The second-order valence-corrected chi connectivity index (χ2v) is 9.06. The molecular formula is C27H44O4. The van der Waals surface area contributed by atoms with Crippen LogP contribution in [-0.4, -0.2) is 30.7 Å². The van der Waals surface area contributed by atoms with Crippen LogP contribution in [0.5, 0.6) is 0 Å². The summed E-state index contributed by atoms with van der Waals surface area (Å²) in [4.78, 5) is 12.9. The summed E-state index contributed by atoms with van der Waals surface area (Å²) in [5.74, 6) is -0.0693. The lowest BCUT2D eigenvalue weighted by atomic mass is 9.77. The standard InChI is InChI=1S/C27H44O4/c1-8-9-18-31-27-24(28)22(6)23(25(29)26(27)30-7)17-16-21(5)15-11-14-20(4)13-10-12-19(2)3/h12,14,16,22-23,25,29H,8-11,13,15,17-18H2,1-7H3/b20-14+,21-16+. The number of Topliss-reactive ketones (excluding diaryl/α,β-unsaturated/α-hetero) is 1. The molecule has 1 aliphatic carbocycles. The molecule has 0 aliphatic heterocycles. The Hall–Kier alpha value is -1.81. The maximum absolute atomic E-state index is 12.9. The number of methoxy groups -OCH3 is 1. The van der Waals surface area contributed by atoms with Crippen molar-refractivity contribution in [3.05, 3.63) is 46.5 Å². The molecule has 0 aromatic rings. The van der Waals surface area contributed by atoms with Crippen LogP contribution in [0.1, 0.15) is 86.5 Å². The molecule has 1 aliphatic rings. The van der Waals surface area contributed by atoms with Crippen LogP contribution >= 0.6 is 0 Å². The second-order valence-electron chi connectivity index (χ2n) is 9.06. The third kappa shape index (κ3) is 9.06. The average Bonchev–Trinajstić information content (AvgIpc) is 2.71. The van der Waals surface area contributed by atoms with Crippen LogP contribution < -0.4 is 0 Å². The van der Waals surface area contributed by atoms with Crippen molar-refractivity contribution in [1.29, 1.82) is 0 Å². The molecule has 0 aromatic carbocycles. The molecule has 176 valence electrons. The molecule has 3 atom stereocenters. The van der Waals surface area contributed by atoms with Crippen molar-refractivity contribution in [2.24, 2.45) is 11.8 Å². The number of aliphatic hydroxyl groups is 1. The topological polar surface area (TPSA) is 55.8 Å². The van der Waals surface area contributed by atoms with Crippen molar-refractivity contribution in [3.63, 3.8) is 0 Å². The van der Waals surface area contributed by atoms with Gasteiger partial charge in [0.05, 0.1) is 13.7 Å². The Kier molecular flexibility index (Phi) is 12.5. The van der Waals surface area contributed by atoms with Gasteiger partial charge >= 0.3 is 0 Å². The number of carbonyl (C=O) groups excluding carboxylic acids is 1. The third-order valence-corrected chi connectivity index (χ3v) is 6.00. The molecule has 0 amide bonds. The number of unbranched alkanes of at least 4 members (excludes halogenated alkanes) is 1. The largest absolute Gasteiger partial charge is 0.494 e. The highest BCUT2D eigenvalue weighted by molar-refractivity contribution is 5.97. The summed E-state index contributed by atoms with van der Waals surface area (Å²) in [6.45, 7) is 13.0. The summed E-state index contributed by atoms with van der Waals surface area (Å²) in [5.41, 5.74) is 4.08. The minimum Gasteiger partial charge on any atom is -0.494 e. The molecule has 0 aromatic heterocycles. The second kappa shape index (κ2) is 14.3. The van der Waals surface area contributed by atoms with E-state index in [2.05, 4.69) is 52.8 Å². The monoisotopic (exact) mass is 432 g/mol. The highest BCUT2D eigenvalue weighted by Crippen LogP contribution is 2.35. The maximum Gasteiger partial charge on any atom is 0.204 e. The Balaban J connectivity index is 2.69. The molecule has 3 unspecified atom stereocenters. The summed E-state index contributed by atoms with van der Waals surface area (Å²) >= 11 is 0. The zero-order valence-corrected chi connectivity index (χ0v) is 20.8. The van der Waals surface area contributed by atoms with Crippen LogP contribution in [0.2, 0.25) is 0 Å². The zero-order chi connectivity index (χ0) is 23.4. The van der Waals surface area contributed by atoms with Crippen LogP contribution in [-0.2, 0) is 14.3 Å². The highest BCUT2D eigenvalue weighted by atomic mass is 16.5. The Morgan fingerprint density at radius 2 is 1.65 bits per heavy atom. The Labute approximate surface area is 190 Å². The molecule has 0 bridgehead atoms. The number of hydrogen-bond acceptors (Lipinski definition) is 4. The molecule has 1 rings (SSSR count). The molecule has 4 nitrogen and oxygen atoms in total. The first kappa shape index (κ1) is 27.2. The van der Waals surface area contributed by atoms with Gasteiger partial charge in [0.25, 0.3) is 0 Å². The summed E-state index contributed by atoms with van der Waals surface area (Å²) in [6.07, 6.45) is 12.7. The minimum atomic E-state index is -0.824. The molecule has 0 heterocycles. The van der Waals surface area contributed by atoms with E-state index in [1.165, 1.54) is 23.8 Å². The van der Waals surface area contributed by atoms with Crippen LogP contribution in [0.4, 0.5) is 0 Å². The van der Waals surface area contributed by atoms with Crippen molar-refractivity contribution in [1.82, 2.24) is 0 Å². The molecule has 0 saturated heterocycles. The van der Waals surface area contributed by atoms with Crippen LogP contribution in [0.15, 0.2) is 46.5 Å². The van der Waals surface area contributed by atoms with E-state index in [1.54, 1.807) is 0 Å². The minimum absolute atomic E-state index is 0.0655. The van der Waals surface area contributed by atoms with E-state index in [0.29, 0.717) is 13.0 Å². The van der Waals surface area contributed by atoms with E-state index in [0.717, 1.165) is 38.5 Å². The van der Waals surface area contributed by atoms with E-state index >= 15 is 0 Å². The lowest BCUT2D eigenvalue weighted by Gasteiger charge is -2.34. The van der Waals surface area contributed by atoms with E-state index in [4.69, 9.17) is 9.47 Å². The van der Waals surface area contributed by atoms with Crippen molar-refractivity contribution in [2.75, 3.05) is 13.7 Å². The molecule has 31 heavy (non-hydrogen) atoms. The number of ether oxygens (including phenoxy) is 2. The van der Waals surface area contributed by atoms with Gasteiger partial charge in [-0.05, 0) is 66.2 Å². The first-order valence-corrected chi connectivity index (χ1v) is 11.8. The third-order valence-electron chi connectivity index (χ3n) is 6.00. The predicted molar refractivity (Wildman–Crippen MR) is 129 cm³/mol. The molecular weight excluding hydrogens is 388 g/mol. The molecule has 1 N–H and O–H groups in total. The van der Waals surface area contributed by atoms with Crippen molar-refractivity contribution < 1.29 is 19.4 Å². The summed E-state index contributed by atoms with van der Waals surface area (Å²) in [6, 6.07) is 0. The maximum atomic E-state index is 12.9. The fourth-order valence-corrected chi connectivity index (χ4v) is 3.81. The predicted octanol–water partition coefficient (Wildman–Crippen LogP) is 6.67. The lowest BCUT2D eigenvalue weighted by Crippen LogP contribution is -2.40. The smallest absolute Gasteiger partial charge is 0.204 e. The Morgan fingerprint density at radius 1 is 1.03 bits per heavy atom. The molecule has 0 fully saturated rings. The number of carbonyl (C=O) groups is 1. The normalized spacial score (nSPS) is 22.6. The van der Waals surface area contributed by atoms with Gasteiger partial charge in [0, 0.05) is 11.8 Å². The van der Waals surface area contributed by atoms with Crippen molar-refractivity contribution in [3.8, 4) is 0 Å². The molecule has 0 saturated carbocycles. The Bertz CT molecular complexity index is 692. The van der Waals surface area contributed by atoms with Gasteiger partial charge in [-0.25, -0.2) is 0 Å². The van der Waals surface area contributed by atoms with Gasteiger partial charge in [0.1, 0.15) is 6.10 Å². The van der Waals surface area contributed by atoms with Crippen LogP contribution in [0.25, 0.3) is 0 Å². The summed E-state index contributed by atoms with van der Waals surface area (Å²) < 4.78 is 11.1. The first-order valence-electron chi connectivity index (χ1n) is 11.8. The van der Waals surface area contributed by atoms with Crippen LogP contribution in [0.3, 0.4) is 0 Å². The van der Waals surface area contributed by atoms with E-state index in [1.807, 2.05) is 6.92 Å². The van der Waals surface area contributed by atoms with Gasteiger partial charge in [-0.2, -0.15) is 0 Å². The van der Waals surface area contributed by atoms with Gasteiger partial charge in [-0.1, -0.05) is 55.2 Å². The van der Waals surface area contributed by atoms with E-state index in [9.17, 15) is 9.90 Å². The molecule has 4 heteroatoms. The average molecular weight is 433 g/mol. The van der Waals surface area contributed by atoms with Gasteiger partial charge in [0.15, 0.2) is 5.76 Å². The molecule has 0 radical (unpaired) electrons. The fraction of sp³-hybridized carbons (Fsp3) is 0.667. The Morgan fingerprint density at radius 3 is 2.23 bits per heavy atom. The summed E-state index contributed by atoms with van der Waals surface area (Å²) in [7, 11) is 1.50. The zero-order valence-electron chi connectivity index (χ0n) is 20.8. The van der Waals surface area contributed by atoms with Gasteiger partial charge in [-0.15, -0.1) is 0 Å². The fourth-order valence-electron chi connectivity index (χ4n) is 3.81. The number of hydrogen-bond donors (Lipinski definition) is 1.